The SMILES string of the molecule is CC(C)NC(=O)[C@H](C)N(Cc1ccccc1F)C(=O)CN(c1ccccc1)S(=O)(=O)c1ccc(F)cc1. The number of para-hydroxylation sites is 1. The zero-order valence-corrected chi connectivity index (χ0v) is 21.6. The Morgan fingerprint density at radius 3 is 2.05 bits per heavy atom. The lowest BCUT2D eigenvalue weighted by atomic mass is 10.1. The number of sulfonamides is 1. The van der Waals surface area contributed by atoms with E-state index in [0.29, 0.717) is 0 Å². The van der Waals surface area contributed by atoms with Crippen molar-refractivity contribution >= 4 is 27.5 Å². The van der Waals surface area contributed by atoms with Gasteiger partial charge >= 0.3 is 0 Å². The van der Waals surface area contributed by atoms with Crippen LogP contribution in [0.15, 0.2) is 83.8 Å². The first kappa shape index (κ1) is 27.8. The zero-order chi connectivity index (χ0) is 27.2. The van der Waals surface area contributed by atoms with E-state index >= 15 is 0 Å². The second-order valence-corrected chi connectivity index (χ2v) is 10.6. The lowest BCUT2D eigenvalue weighted by molar-refractivity contribution is -0.139. The van der Waals surface area contributed by atoms with Gasteiger partial charge in [0.15, 0.2) is 0 Å². The third-order valence-electron chi connectivity index (χ3n) is 5.62. The Morgan fingerprint density at radius 1 is 0.865 bits per heavy atom. The number of hydrogen-bond acceptors (Lipinski definition) is 4. The smallest absolute Gasteiger partial charge is 0.264 e. The normalized spacial score (nSPS) is 12.2. The van der Waals surface area contributed by atoms with Crippen LogP contribution in [0, 0.1) is 11.6 Å². The van der Waals surface area contributed by atoms with Gasteiger partial charge in [0.05, 0.1) is 10.6 Å². The van der Waals surface area contributed by atoms with Gasteiger partial charge in [-0.3, -0.25) is 13.9 Å². The van der Waals surface area contributed by atoms with Gasteiger partial charge in [-0.1, -0.05) is 36.4 Å². The van der Waals surface area contributed by atoms with Gasteiger partial charge in [-0.05, 0) is 63.2 Å². The maximum atomic E-state index is 14.5. The van der Waals surface area contributed by atoms with E-state index in [2.05, 4.69) is 5.32 Å². The molecule has 3 rings (SSSR count). The van der Waals surface area contributed by atoms with Gasteiger partial charge in [-0.15, -0.1) is 0 Å². The molecule has 2 amide bonds. The number of benzene rings is 3. The van der Waals surface area contributed by atoms with E-state index in [-0.39, 0.29) is 28.7 Å². The molecule has 37 heavy (non-hydrogen) atoms. The molecule has 7 nitrogen and oxygen atoms in total. The van der Waals surface area contributed by atoms with Crippen LogP contribution in [0.2, 0.25) is 0 Å². The van der Waals surface area contributed by atoms with Gasteiger partial charge < -0.3 is 10.2 Å². The minimum atomic E-state index is -4.30. The first-order valence-corrected chi connectivity index (χ1v) is 13.1. The van der Waals surface area contributed by atoms with E-state index < -0.39 is 46.1 Å². The molecule has 0 saturated carbocycles. The number of rotatable bonds is 10. The second-order valence-electron chi connectivity index (χ2n) is 8.75. The third kappa shape index (κ3) is 6.91. The minimum Gasteiger partial charge on any atom is -0.352 e. The van der Waals surface area contributed by atoms with Crippen LogP contribution in [0.5, 0.6) is 0 Å². The van der Waals surface area contributed by atoms with Crippen LogP contribution in [-0.2, 0) is 26.2 Å². The van der Waals surface area contributed by atoms with Gasteiger partial charge in [0.2, 0.25) is 11.8 Å². The lowest BCUT2D eigenvalue weighted by Crippen LogP contribution is -2.52. The summed E-state index contributed by atoms with van der Waals surface area (Å²) in [6.07, 6.45) is 0. The van der Waals surface area contributed by atoms with Crippen molar-refractivity contribution in [1.29, 1.82) is 0 Å². The molecule has 0 aliphatic heterocycles. The van der Waals surface area contributed by atoms with Crippen LogP contribution >= 0.6 is 0 Å². The summed E-state index contributed by atoms with van der Waals surface area (Å²) in [5.74, 6) is -2.35. The van der Waals surface area contributed by atoms with Crippen LogP contribution in [0.3, 0.4) is 0 Å². The second kappa shape index (κ2) is 12.0. The molecule has 1 N–H and O–H groups in total. The van der Waals surface area contributed by atoms with Crippen molar-refractivity contribution in [3.8, 4) is 0 Å². The van der Waals surface area contributed by atoms with Crippen molar-refractivity contribution in [3.63, 3.8) is 0 Å². The van der Waals surface area contributed by atoms with Crippen molar-refractivity contribution in [2.75, 3.05) is 10.8 Å². The highest BCUT2D eigenvalue weighted by atomic mass is 32.2. The summed E-state index contributed by atoms with van der Waals surface area (Å²) in [6.45, 7) is 4.10. The summed E-state index contributed by atoms with van der Waals surface area (Å²) in [5, 5.41) is 2.73. The van der Waals surface area contributed by atoms with E-state index in [1.807, 2.05) is 0 Å². The summed E-state index contributed by atoms with van der Waals surface area (Å²) in [6, 6.07) is 16.8. The van der Waals surface area contributed by atoms with E-state index in [4.69, 9.17) is 0 Å². The topological polar surface area (TPSA) is 86.8 Å². The summed E-state index contributed by atoms with van der Waals surface area (Å²) >= 11 is 0. The Hall–Kier alpha value is -3.79. The number of carbonyl (C=O) groups excluding carboxylic acids is 2. The lowest BCUT2D eigenvalue weighted by Gasteiger charge is -2.32. The van der Waals surface area contributed by atoms with Gasteiger partial charge in [0.25, 0.3) is 10.0 Å². The van der Waals surface area contributed by atoms with E-state index in [1.54, 1.807) is 38.1 Å². The summed E-state index contributed by atoms with van der Waals surface area (Å²) in [4.78, 5) is 27.4. The first-order chi connectivity index (χ1) is 17.5. The Labute approximate surface area is 215 Å². The fourth-order valence-corrected chi connectivity index (χ4v) is 5.07. The van der Waals surface area contributed by atoms with Gasteiger partial charge in [-0.25, -0.2) is 17.2 Å². The number of carbonyl (C=O) groups is 2. The molecule has 0 aliphatic rings. The molecule has 1 atom stereocenters. The summed E-state index contributed by atoms with van der Waals surface area (Å²) in [5.41, 5.74) is 0.373. The van der Waals surface area contributed by atoms with Gasteiger partial charge in [0, 0.05) is 18.2 Å². The molecular formula is C27H29F2N3O4S. The average molecular weight is 530 g/mol. The highest BCUT2D eigenvalue weighted by molar-refractivity contribution is 7.92. The highest BCUT2D eigenvalue weighted by Gasteiger charge is 2.33. The molecule has 0 saturated heterocycles. The molecule has 0 heterocycles. The van der Waals surface area contributed by atoms with E-state index in [9.17, 15) is 26.8 Å². The Morgan fingerprint density at radius 2 is 1.46 bits per heavy atom. The van der Waals surface area contributed by atoms with E-state index in [1.165, 1.54) is 37.3 Å². The Kier molecular flexibility index (Phi) is 8.99. The maximum absolute atomic E-state index is 14.5. The van der Waals surface area contributed by atoms with Crippen LogP contribution < -0.4 is 9.62 Å². The molecule has 0 bridgehead atoms. The molecule has 0 radical (unpaired) electrons. The van der Waals surface area contributed by atoms with Crippen molar-refractivity contribution in [3.05, 3.63) is 96.1 Å². The fraction of sp³-hybridized carbons (Fsp3) is 0.259. The molecule has 3 aromatic carbocycles. The predicted octanol–water partition coefficient (Wildman–Crippen LogP) is 4.10. The molecule has 3 aromatic rings. The number of amides is 2. The molecule has 0 aliphatic carbocycles. The van der Waals surface area contributed by atoms with Crippen LogP contribution in [0.1, 0.15) is 26.3 Å². The fourth-order valence-electron chi connectivity index (χ4n) is 3.65. The van der Waals surface area contributed by atoms with Gasteiger partial charge in [0.1, 0.15) is 24.2 Å². The average Bonchev–Trinajstić information content (AvgIpc) is 2.86. The molecule has 0 aromatic heterocycles. The monoisotopic (exact) mass is 529 g/mol. The number of anilines is 1. The third-order valence-corrected chi connectivity index (χ3v) is 7.41. The molecular weight excluding hydrogens is 500 g/mol. The Bertz CT molecular complexity index is 1330. The molecule has 0 unspecified atom stereocenters. The number of nitrogens with zero attached hydrogens (tertiary/aromatic N) is 2. The standard InChI is InChI=1S/C27H29F2N3O4S/c1-19(2)30-27(34)20(3)31(17-21-9-7-8-12-25(21)29)26(33)18-32(23-10-5-4-6-11-23)37(35,36)24-15-13-22(28)14-16-24/h4-16,19-20H,17-18H2,1-3H3,(H,30,34)/t20-/m0/s1. The van der Waals surface area contributed by atoms with Crippen LogP contribution in [-0.4, -0.2) is 43.8 Å². The number of halogens is 2. The highest BCUT2D eigenvalue weighted by Crippen LogP contribution is 2.24. The van der Waals surface area contributed by atoms with Gasteiger partial charge in [-0.2, -0.15) is 0 Å². The number of hydrogen-bond donors (Lipinski definition) is 1. The quantitative estimate of drug-likeness (QED) is 0.429. The first-order valence-electron chi connectivity index (χ1n) is 11.7. The summed E-state index contributed by atoms with van der Waals surface area (Å²) in [7, 11) is -4.30. The largest absolute Gasteiger partial charge is 0.352 e. The number of nitrogens with one attached hydrogen (secondary N) is 1. The van der Waals surface area contributed by atoms with Crippen molar-refractivity contribution in [2.45, 2.75) is 44.3 Å². The van der Waals surface area contributed by atoms with Crippen LogP contribution in [0.4, 0.5) is 14.5 Å². The van der Waals surface area contributed by atoms with Crippen molar-refractivity contribution in [1.82, 2.24) is 10.2 Å². The predicted molar refractivity (Wildman–Crippen MR) is 137 cm³/mol. The Balaban J connectivity index is 2.01. The molecule has 10 heteroatoms. The molecule has 196 valence electrons. The molecule has 0 fully saturated rings. The van der Waals surface area contributed by atoms with Crippen molar-refractivity contribution < 1.29 is 26.8 Å². The van der Waals surface area contributed by atoms with Crippen molar-refractivity contribution in [2.24, 2.45) is 0 Å². The van der Waals surface area contributed by atoms with Crippen LogP contribution in [0.25, 0.3) is 0 Å². The molecule has 0 spiro atoms. The maximum Gasteiger partial charge on any atom is 0.264 e. The zero-order valence-electron chi connectivity index (χ0n) is 20.8. The summed E-state index contributed by atoms with van der Waals surface area (Å²) < 4.78 is 56.0. The van der Waals surface area contributed by atoms with E-state index in [0.717, 1.165) is 33.5 Å². The minimum absolute atomic E-state index is 0.174.